The molecule has 24 heavy (non-hydrogen) atoms. The molecule has 4 nitrogen and oxygen atoms in total. The Hall–Kier alpha value is -1.94. The maximum Gasteiger partial charge on any atom is 0.239 e. The Morgan fingerprint density at radius 2 is 2.08 bits per heavy atom. The quantitative estimate of drug-likeness (QED) is 0.588. The second kappa shape index (κ2) is 3.67. The van der Waals surface area contributed by atoms with Crippen molar-refractivity contribution < 1.29 is 9.59 Å². The minimum absolute atomic E-state index is 0.0559. The van der Waals surface area contributed by atoms with Crippen LogP contribution in [0.15, 0.2) is 36.4 Å². The largest absolute Gasteiger partial charge is 0.325 e. The van der Waals surface area contributed by atoms with Crippen LogP contribution in [0.3, 0.4) is 0 Å². The highest BCUT2D eigenvalue weighted by molar-refractivity contribution is 6.18. The highest BCUT2D eigenvalue weighted by Crippen LogP contribution is 2.77. The number of rotatable bonds is 0. The van der Waals surface area contributed by atoms with Crippen LogP contribution in [-0.2, 0) is 15.0 Å². The standard InChI is InChI=1S/C20H20N2O2/c1-12-15(23)20-11-18(12)7-4-9-22-10-8-19(20,16(18)22)13-5-2-3-6-14(13)21-17(20)24/h2-7,12,16H,8-11H2,1H3,(H,21,24)/t12?,16-,18-,19+,20+/m0/s1. The van der Waals surface area contributed by atoms with Gasteiger partial charge in [-0.2, -0.15) is 0 Å². The Kier molecular flexibility index (Phi) is 2.04. The number of ketones is 1. The summed E-state index contributed by atoms with van der Waals surface area (Å²) in [6, 6.07) is 8.42. The summed E-state index contributed by atoms with van der Waals surface area (Å²) < 4.78 is 0. The molecule has 1 unspecified atom stereocenters. The third-order valence-corrected chi connectivity index (χ3v) is 7.90. The van der Waals surface area contributed by atoms with E-state index in [9.17, 15) is 9.59 Å². The number of amides is 1. The number of fused-ring (bicyclic) bond motifs is 1. The number of Topliss-reactive ketones (excluding diaryl/α,β-unsaturated/α-hetero) is 1. The van der Waals surface area contributed by atoms with Gasteiger partial charge in [0.2, 0.25) is 5.91 Å². The topological polar surface area (TPSA) is 49.4 Å². The number of benzene rings is 1. The Morgan fingerprint density at radius 1 is 1.25 bits per heavy atom. The fraction of sp³-hybridized carbons (Fsp3) is 0.500. The molecule has 3 spiro atoms. The van der Waals surface area contributed by atoms with Gasteiger partial charge in [0.05, 0.1) is 0 Å². The third-order valence-electron chi connectivity index (χ3n) is 7.90. The number of nitrogens with zero attached hydrogens (tertiary/aromatic N) is 1. The summed E-state index contributed by atoms with van der Waals surface area (Å²) in [5.74, 6) is 0.0301. The van der Waals surface area contributed by atoms with Crippen molar-refractivity contribution >= 4 is 17.4 Å². The van der Waals surface area contributed by atoms with Gasteiger partial charge >= 0.3 is 0 Å². The van der Waals surface area contributed by atoms with Crippen molar-refractivity contribution in [2.75, 3.05) is 18.4 Å². The molecule has 0 aromatic heterocycles. The van der Waals surface area contributed by atoms with Gasteiger partial charge in [0.1, 0.15) is 5.41 Å². The minimum Gasteiger partial charge on any atom is -0.325 e. The molecule has 122 valence electrons. The summed E-state index contributed by atoms with van der Waals surface area (Å²) in [5, 5.41) is 3.08. The lowest BCUT2D eigenvalue weighted by Gasteiger charge is -2.54. The van der Waals surface area contributed by atoms with Crippen LogP contribution in [-0.4, -0.2) is 35.7 Å². The average Bonchev–Trinajstić information content (AvgIpc) is 3.18. The number of carbonyl (C=O) groups is 2. The first-order valence-electron chi connectivity index (χ1n) is 8.95. The predicted molar refractivity (Wildman–Crippen MR) is 89.5 cm³/mol. The average molecular weight is 320 g/mol. The van der Waals surface area contributed by atoms with E-state index in [-0.39, 0.29) is 34.5 Å². The molecule has 1 aromatic rings. The smallest absolute Gasteiger partial charge is 0.239 e. The van der Waals surface area contributed by atoms with E-state index in [1.807, 2.05) is 25.1 Å². The zero-order valence-corrected chi connectivity index (χ0v) is 13.7. The molecule has 3 heterocycles. The number of nitrogens with one attached hydrogen (secondary N) is 1. The number of hydrogen-bond acceptors (Lipinski definition) is 3. The van der Waals surface area contributed by atoms with Crippen LogP contribution in [0.25, 0.3) is 0 Å². The molecule has 1 N–H and O–H groups in total. The fourth-order valence-electron chi connectivity index (χ4n) is 7.18. The lowest BCUT2D eigenvalue weighted by atomic mass is 9.51. The molecule has 2 aliphatic carbocycles. The summed E-state index contributed by atoms with van der Waals surface area (Å²) in [4.78, 5) is 29.3. The number of para-hydroxylation sites is 1. The van der Waals surface area contributed by atoms with Crippen molar-refractivity contribution in [2.24, 2.45) is 16.7 Å². The van der Waals surface area contributed by atoms with Gasteiger partial charge in [0, 0.05) is 35.0 Å². The number of anilines is 1. The summed E-state index contributed by atoms with van der Waals surface area (Å²) in [6.07, 6.45) is 6.09. The summed E-state index contributed by atoms with van der Waals surface area (Å²) in [7, 11) is 0. The van der Waals surface area contributed by atoms with Crippen LogP contribution in [0.2, 0.25) is 0 Å². The first kappa shape index (κ1) is 13.4. The van der Waals surface area contributed by atoms with E-state index in [1.165, 1.54) is 5.56 Å². The summed E-state index contributed by atoms with van der Waals surface area (Å²) in [6.45, 7) is 3.95. The molecular weight excluding hydrogens is 300 g/mol. The molecule has 1 aromatic carbocycles. The van der Waals surface area contributed by atoms with Crippen LogP contribution in [0, 0.1) is 16.7 Å². The van der Waals surface area contributed by atoms with Gasteiger partial charge in [-0.1, -0.05) is 37.3 Å². The van der Waals surface area contributed by atoms with E-state index in [1.54, 1.807) is 0 Å². The maximum atomic E-state index is 13.5. The monoisotopic (exact) mass is 320 g/mol. The Labute approximate surface area is 140 Å². The van der Waals surface area contributed by atoms with Crippen LogP contribution in [0.1, 0.15) is 25.3 Å². The predicted octanol–water partition coefficient (Wildman–Crippen LogP) is 2.12. The van der Waals surface area contributed by atoms with Crippen molar-refractivity contribution in [2.45, 2.75) is 31.2 Å². The Balaban J connectivity index is 1.76. The van der Waals surface area contributed by atoms with Crippen LogP contribution in [0.5, 0.6) is 0 Å². The summed E-state index contributed by atoms with van der Waals surface area (Å²) in [5.41, 5.74) is 0.692. The Morgan fingerprint density at radius 3 is 2.96 bits per heavy atom. The van der Waals surface area contributed by atoms with E-state index < -0.39 is 5.41 Å². The molecule has 4 heteroatoms. The highest BCUT2D eigenvalue weighted by atomic mass is 16.2. The van der Waals surface area contributed by atoms with Gasteiger partial charge in [-0.25, -0.2) is 0 Å². The molecule has 1 saturated heterocycles. The molecular formula is C20H20N2O2. The normalized spacial score (nSPS) is 47.4. The highest BCUT2D eigenvalue weighted by Gasteiger charge is 2.85. The van der Waals surface area contributed by atoms with Gasteiger partial charge in [-0.3, -0.25) is 14.5 Å². The SMILES string of the molecule is CC1C(=O)[C@@]23C[C@@]14C=CCN1CC[C@@]2(c2ccccc2NC3=O)[C@@H]14. The van der Waals surface area contributed by atoms with E-state index in [2.05, 4.69) is 28.4 Å². The zero-order valence-electron chi connectivity index (χ0n) is 13.7. The third kappa shape index (κ3) is 1.01. The van der Waals surface area contributed by atoms with Crippen molar-refractivity contribution in [3.05, 3.63) is 42.0 Å². The van der Waals surface area contributed by atoms with Crippen LogP contribution in [0.4, 0.5) is 5.69 Å². The molecule has 5 atom stereocenters. The zero-order chi connectivity index (χ0) is 16.3. The van der Waals surface area contributed by atoms with E-state index in [4.69, 9.17) is 0 Å². The fourth-order valence-corrected chi connectivity index (χ4v) is 7.18. The first-order valence-corrected chi connectivity index (χ1v) is 8.95. The number of carbonyl (C=O) groups excluding carboxylic acids is 2. The molecule has 0 radical (unpaired) electrons. The van der Waals surface area contributed by atoms with Crippen LogP contribution >= 0.6 is 0 Å². The lowest BCUT2D eigenvalue weighted by Crippen LogP contribution is -2.65. The van der Waals surface area contributed by atoms with Gasteiger partial charge in [-0.05, 0) is 31.0 Å². The van der Waals surface area contributed by atoms with Gasteiger partial charge in [0.15, 0.2) is 5.78 Å². The minimum atomic E-state index is -0.880. The maximum absolute atomic E-state index is 13.5. The second-order valence-corrected chi connectivity index (χ2v) is 8.30. The van der Waals surface area contributed by atoms with E-state index in [0.717, 1.165) is 25.2 Å². The number of hydrogen-bond donors (Lipinski definition) is 1. The molecule has 2 saturated carbocycles. The van der Waals surface area contributed by atoms with E-state index in [0.29, 0.717) is 6.42 Å². The van der Waals surface area contributed by atoms with Gasteiger partial charge < -0.3 is 5.32 Å². The van der Waals surface area contributed by atoms with Crippen molar-refractivity contribution in [3.8, 4) is 0 Å². The van der Waals surface area contributed by atoms with Gasteiger partial charge in [-0.15, -0.1) is 0 Å². The molecule has 1 amide bonds. The van der Waals surface area contributed by atoms with Crippen LogP contribution < -0.4 is 5.32 Å². The van der Waals surface area contributed by atoms with Crippen molar-refractivity contribution in [1.82, 2.24) is 4.90 Å². The lowest BCUT2D eigenvalue weighted by molar-refractivity contribution is -0.146. The van der Waals surface area contributed by atoms with Crippen molar-refractivity contribution in [3.63, 3.8) is 0 Å². The molecule has 3 fully saturated rings. The molecule has 6 rings (SSSR count). The first-order chi connectivity index (χ1) is 11.6. The van der Waals surface area contributed by atoms with Crippen molar-refractivity contribution in [1.29, 1.82) is 0 Å². The van der Waals surface area contributed by atoms with E-state index >= 15 is 0 Å². The second-order valence-electron chi connectivity index (χ2n) is 8.30. The molecule has 3 aliphatic heterocycles. The summed E-state index contributed by atoms with van der Waals surface area (Å²) >= 11 is 0. The molecule has 5 aliphatic rings. The molecule has 2 bridgehead atoms. The Bertz CT molecular complexity index is 861. The van der Waals surface area contributed by atoms with Gasteiger partial charge in [0.25, 0.3) is 0 Å².